The number of aliphatic carboxylic acids is 2. The van der Waals surface area contributed by atoms with Crippen molar-refractivity contribution < 1.29 is 24.6 Å². The van der Waals surface area contributed by atoms with Crippen LogP contribution in [0.2, 0.25) is 0 Å². The van der Waals surface area contributed by atoms with Gasteiger partial charge in [0.15, 0.2) is 0 Å². The van der Waals surface area contributed by atoms with E-state index in [1.54, 1.807) is 25.1 Å². The Labute approximate surface area is 141 Å². The van der Waals surface area contributed by atoms with E-state index in [0.29, 0.717) is 16.3 Å². The van der Waals surface area contributed by atoms with Gasteiger partial charge < -0.3 is 20.8 Å². The number of hydrogen-bond acceptors (Lipinski definition) is 6. The summed E-state index contributed by atoms with van der Waals surface area (Å²) in [7, 11) is 0. The van der Waals surface area contributed by atoms with Gasteiger partial charge in [-0.2, -0.15) is 0 Å². The molecule has 1 aromatic heterocycles. The van der Waals surface area contributed by atoms with Gasteiger partial charge in [0, 0.05) is 16.6 Å². The maximum atomic E-state index is 11.1. The van der Waals surface area contributed by atoms with Crippen molar-refractivity contribution in [3.63, 3.8) is 0 Å². The number of carboxylic acids is 2. The van der Waals surface area contributed by atoms with Gasteiger partial charge in [-0.15, -0.1) is 11.3 Å². The molecule has 1 heterocycles. The maximum absolute atomic E-state index is 11.1. The lowest BCUT2D eigenvalue weighted by atomic mass is 10.1. The normalized spacial score (nSPS) is 10.4. The molecule has 4 N–H and O–H groups in total. The van der Waals surface area contributed by atoms with Crippen LogP contribution in [0.3, 0.4) is 0 Å². The van der Waals surface area contributed by atoms with E-state index in [1.165, 1.54) is 21.6 Å². The lowest BCUT2D eigenvalue weighted by Gasteiger charge is -2.23. The zero-order chi connectivity index (χ0) is 17.9. The number of carbonyl (C=O) groups excluding carboxylic acids is 1. The zero-order valence-corrected chi connectivity index (χ0v) is 13.5. The molecule has 2 aromatic rings. The molecule has 0 atom stereocenters. The molecule has 0 fully saturated rings. The van der Waals surface area contributed by atoms with Crippen molar-refractivity contribution >= 4 is 34.9 Å². The number of aryl methyl sites for hydroxylation is 1. The first-order chi connectivity index (χ1) is 11.3. The van der Waals surface area contributed by atoms with Crippen LogP contribution >= 0.6 is 11.3 Å². The molecule has 8 nitrogen and oxygen atoms in total. The Morgan fingerprint density at radius 1 is 1.21 bits per heavy atom. The highest BCUT2D eigenvalue weighted by atomic mass is 32.1. The summed E-state index contributed by atoms with van der Waals surface area (Å²) in [5, 5.41) is 20.1. The molecule has 2 rings (SSSR count). The van der Waals surface area contributed by atoms with E-state index in [2.05, 4.69) is 4.98 Å². The number of thiazole rings is 1. The van der Waals surface area contributed by atoms with Gasteiger partial charge in [-0.05, 0) is 18.6 Å². The van der Waals surface area contributed by atoms with Gasteiger partial charge in [0.1, 0.15) is 23.8 Å². The highest BCUT2D eigenvalue weighted by molar-refractivity contribution is 7.13. The fraction of sp³-hybridized carbons (Fsp3) is 0.200. The second kappa shape index (κ2) is 7.09. The minimum absolute atomic E-state index is 0.144. The topological polar surface area (TPSA) is 134 Å². The summed E-state index contributed by atoms with van der Waals surface area (Å²) in [4.78, 5) is 38.6. The van der Waals surface area contributed by atoms with E-state index < -0.39 is 30.9 Å². The van der Waals surface area contributed by atoms with Gasteiger partial charge in [0.2, 0.25) is 0 Å². The van der Waals surface area contributed by atoms with Crippen LogP contribution in [0.15, 0.2) is 23.6 Å². The summed E-state index contributed by atoms with van der Waals surface area (Å²) < 4.78 is 0. The maximum Gasteiger partial charge on any atom is 0.323 e. The highest BCUT2D eigenvalue weighted by Gasteiger charge is 2.18. The van der Waals surface area contributed by atoms with Crippen molar-refractivity contribution in [3.8, 4) is 10.6 Å². The minimum atomic E-state index is -1.13. The van der Waals surface area contributed by atoms with Crippen molar-refractivity contribution in [2.24, 2.45) is 5.73 Å². The number of rotatable bonds is 7. The van der Waals surface area contributed by atoms with Crippen LogP contribution < -0.4 is 10.6 Å². The average Bonchev–Trinajstić information content (AvgIpc) is 2.96. The van der Waals surface area contributed by atoms with E-state index in [9.17, 15) is 14.4 Å². The lowest BCUT2D eigenvalue weighted by molar-refractivity contribution is -0.136. The fourth-order valence-corrected chi connectivity index (χ4v) is 2.96. The molecule has 1 amide bonds. The monoisotopic (exact) mass is 349 g/mol. The molecule has 0 bridgehead atoms. The summed E-state index contributed by atoms with van der Waals surface area (Å²) in [6, 6.07) is 5.17. The third-order valence-corrected chi connectivity index (χ3v) is 4.10. The molecule has 0 aliphatic heterocycles. The van der Waals surface area contributed by atoms with Gasteiger partial charge in [-0.3, -0.25) is 14.4 Å². The Balaban J connectivity index is 2.43. The third kappa shape index (κ3) is 4.07. The zero-order valence-electron chi connectivity index (χ0n) is 12.7. The van der Waals surface area contributed by atoms with Gasteiger partial charge >= 0.3 is 11.9 Å². The fourth-order valence-electron chi connectivity index (χ4n) is 2.16. The van der Waals surface area contributed by atoms with Crippen molar-refractivity contribution in [2.75, 3.05) is 18.0 Å². The van der Waals surface area contributed by atoms with Crippen LogP contribution in [-0.2, 0) is 9.59 Å². The second-order valence-corrected chi connectivity index (χ2v) is 5.91. The predicted molar refractivity (Wildman–Crippen MR) is 88.3 cm³/mol. The number of anilines is 1. The first-order valence-electron chi connectivity index (χ1n) is 6.83. The van der Waals surface area contributed by atoms with Crippen LogP contribution in [0.1, 0.15) is 16.1 Å². The smallest absolute Gasteiger partial charge is 0.323 e. The van der Waals surface area contributed by atoms with Crippen LogP contribution in [-0.4, -0.2) is 46.1 Å². The number of aromatic nitrogens is 1. The predicted octanol–water partition coefficient (Wildman–Crippen LogP) is 1.19. The van der Waals surface area contributed by atoms with Gasteiger partial charge in [-0.1, -0.05) is 12.1 Å². The number of nitrogens with two attached hydrogens (primary N) is 1. The van der Waals surface area contributed by atoms with Crippen LogP contribution in [0.5, 0.6) is 0 Å². The number of benzene rings is 1. The van der Waals surface area contributed by atoms with Gasteiger partial charge in [0.25, 0.3) is 5.91 Å². The van der Waals surface area contributed by atoms with E-state index >= 15 is 0 Å². The number of primary amides is 1. The molecule has 1 aromatic carbocycles. The van der Waals surface area contributed by atoms with Crippen molar-refractivity contribution in [1.29, 1.82) is 0 Å². The summed E-state index contributed by atoms with van der Waals surface area (Å²) in [6.07, 6.45) is 0. The first kappa shape index (κ1) is 17.4. The summed E-state index contributed by atoms with van der Waals surface area (Å²) >= 11 is 1.22. The van der Waals surface area contributed by atoms with Crippen molar-refractivity contribution in [3.05, 3.63) is 34.8 Å². The molecule has 0 unspecified atom stereocenters. The van der Waals surface area contributed by atoms with E-state index in [4.69, 9.17) is 15.9 Å². The first-order valence-corrected chi connectivity index (χ1v) is 7.70. The van der Waals surface area contributed by atoms with E-state index in [0.717, 1.165) is 5.56 Å². The lowest BCUT2D eigenvalue weighted by Crippen LogP contribution is -2.34. The van der Waals surface area contributed by atoms with Gasteiger partial charge in [-0.25, -0.2) is 4.98 Å². The Morgan fingerprint density at radius 2 is 1.83 bits per heavy atom. The van der Waals surface area contributed by atoms with E-state index in [1.807, 2.05) is 0 Å². The molecular formula is C15H15N3O5S. The molecular weight excluding hydrogens is 334 g/mol. The third-order valence-electron chi connectivity index (χ3n) is 3.21. The Bertz CT molecular complexity index is 786. The van der Waals surface area contributed by atoms with Crippen molar-refractivity contribution in [2.45, 2.75) is 6.92 Å². The summed E-state index contributed by atoms with van der Waals surface area (Å²) in [5.41, 5.74) is 7.18. The standard InChI is InChI=1S/C15H15N3O5S/c1-8-2-3-9(15-17-10(7-24-15)14(16)23)4-11(8)18(5-12(19)20)6-13(21)22/h2-4,7H,5-6H2,1H3,(H2,16,23)(H,19,20)(H,21,22). The Morgan fingerprint density at radius 3 is 2.33 bits per heavy atom. The van der Waals surface area contributed by atoms with Crippen LogP contribution in [0, 0.1) is 6.92 Å². The summed E-state index contributed by atoms with van der Waals surface area (Å²) in [6.45, 7) is 0.870. The number of amides is 1. The number of carbonyl (C=O) groups is 3. The van der Waals surface area contributed by atoms with E-state index in [-0.39, 0.29) is 5.69 Å². The van der Waals surface area contributed by atoms with Crippen LogP contribution in [0.4, 0.5) is 5.69 Å². The molecule has 0 aliphatic carbocycles. The largest absolute Gasteiger partial charge is 0.480 e. The molecule has 24 heavy (non-hydrogen) atoms. The minimum Gasteiger partial charge on any atom is -0.480 e. The average molecular weight is 349 g/mol. The Kier molecular flexibility index (Phi) is 5.14. The van der Waals surface area contributed by atoms with Crippen molar-refractivity contribution in [1.82, 2.24) is 4.98 Å². The van der Waals surface area contributed by atoms with Gasteiger partial charge in [0.05, 0.1) is 0 Å². The molecule has 0 saturated heterocycles. The summed E-state index contributed by atoms with van der Waals surface area (Å²) in [5.74, 6) is -2.90. The highest BCUT2D eigenvalue weighted by Crippen LogP contribution is 2.30. The molecule has 0 saturated carbocycles. The molecule has 0 radical (unpaired) electrons. The molecule has 0 aliphatic rings. The quantitative estimate of drug-likeness (QED) is 0.683. The Hall–Kier alpha value is -2.94. The second-order valence-electron chi connectivity index (χ2n) is 5.05. The SMILES string of the molecule is Cc1ccc(-c2nc(C(N)=O)cs2)cc1N(CC(=O)O)CC(=O)O. The molecule has 126 valence electrons. The number of nitrogens with zero attached hydrogens (tertiary/aromatic N) is 2. The number of carboxylic acid groups (broad SMARTS) is 2. The molecule has 0 spiro atoms. The number of hydrogen-bond donors (Lipinski definition) is 3. The molecule has 9 heteroatoms. The van der Waals surface area contributed by atoms with Crippen LogP contribution in [0.25, 0.3) is 10.6 Å².